The van der Waals surface area contributed by atoms with E-state index in [1.807, 2.05) is 6.07 Å². The Morgan fingerprint density at radius 1 is 1.18 bits per heavy atom. The number of methoxy groups -OCH3 is 1. The van der Waals surface area contributed by atoms with Gasteiger partial charge in [0.05, 0.1) is 7.11 Å². The number of carboxylic acids is 1. The van der Waals surface area contributed by atoms with Gasteiger partial charge in [-0.25, -0.2) is 0 Å². The lowest BCUT2D eigenvalue weighted by atomic mass is 9.81. The average Bonchev–Trinajstić information content (AvgIpc) is 2.52. The van der Waals surface area contributed by atoms with E-state index in [4.69, 9.17) is 9.84 Å². The fourth-order valence-corrected chi connectivity index (χ4v) is 3.35. The third-order valence-electron chi connectivity index (χ3n) is 4.50. The molecule has 2 aromatic rings. The third kappa shape index (κ3) is 2.59. The molecule has 3 rings (SSSR count). The summed E-state index contributed by atoms with van der Waals surface area (Å²) in [6, 6.07) is 10.5. The average molecular weight is 296 g/mol. The van der Waals surface area contributed by atoms with Crippen molar-refractivity contribution in [2.75, 3.05) is 7.11 Å². The lowest BCUT2D eigenvalue weighted by Crippen LogP contribution is -2.10. The molecule has 0 radical (unpaired) electrons. The van der Waals surface area contributed by atoms with Gasteiger partial charge in [0, 0.05) is 6.42 Å². The minimum Gasteiger partial charge on any atom is -0.497 e. The molecule has 1 aliphatic carbocycles. The quantitative estimate of drug-likeness (QED) is 0.933. The summed E-state index contributed by atoms with van der Waals surface area (Å²) < 4.78 is 5.31. The molecule has 22 heavy (non-hydrogen) atoms. The van der Waals surface area contributed by atoms with Crippen LogP contribution in [0.25, 0.3) is 11.1 Å². The highest BCUT2D eigenvalue weighted by Crippen LogP contribution is 2.38. The summed E-state index contributed by atoms with van der Waals surface area (Å²) in [5.41, 5.74) is 7.52. The fourth-order valence-electron chi connectivity index (χ4n) is 3.35. The lowest BCUT2D eigenvalue weighted by molar-refractivity contribution is -0.136. The first-order valence-electron chi connectivity index (χ1n) is 7.60. The fraction of sp³-hybridized carbons (Fsp3) is 0.316. The van der Waals surface area contributed by atoms with Gasteiger partial charge in [0.25, 0.3) is 0 Å². The molecule has 0 heterocycles. The molecule has 0 aromatic heterocycles. The van der Waals surface area contributed by atoms with Crippen LogP contribution in [0.2, 0.25) is 0 Å². The Morgan fingerprint density at radius 3 is 2.68 bits per heavy atom. The van der Waals surface area contributed by atoms with Crippen molar-refractivity contribution < 1.29 is 14.6 Å². The number of ether oxygens (including phenoxy) is 1. The highest BCUT2D eigenvalue weighted by Gasteiger charge is 2.20. The molecule has 0 bridgehead atoms. The number of hydrogen-bond donors (Lipinski definition) is 1. The summed E-state index contributed by atoms with van der Waals surface area (Å²) in [5, 5.41) is 8.97. The highest BCUT2D eigenvalue weighted by molar-refractivity contribution is 5.76. The van der Waals surface area contributed by atoms with E-state index in [9.17, 15) is 4.79 Å². The number of fused-ring (bicyclic) bond motifs is 3. The van der Waals surface area contributed by atoms with Crippen LogP contribution in [0.1, 0.15) is 28.7 Å². The molecule has 3 heteroatoms. The van der Waals surface area contributed by atoms with Crippen molar-refractivity contribution in [2.24, 2.45) is 0 Å². The number of hydrogen-bond acceptors (Lipinski definition) is 2. The Hall–Kier alpha value is -2.29. The number of carboxylic acid groups (broad SMARTS) is 1. The smallest absolute Gasteiger partial charge is 0.303 e. The highest BCUT2D eigenvalue weighted by atomic mass is 16.5. The Labute approximate surface area is 130 Å². The SMILES string of the molecule is COc1ccc2c(c1)CCc1c-2ccc(C)c1CCC(=O)O. The zero-order chi connectivity index (χ0) is 15.7. The van der Waals surface area contributed by atoms with E-state index in [0.29, 0.717) is 6.42 Å². The van der Waals surface area contributed by atoms with Crippen LogP contribution in [0.15, 0.2) is 30.3 Å². The molecule has 0 atom stereocenters. The molecule has 0 aliphatic heterocycles. The molecule has 0 unspecified atom stereocenters. The number of aliphatic carboxylic acids is 1. The van der Waals surface area contributed by atoms with Crippen LogP contribution in [0.4, 0.5) is 0 Å². The van der Waals surface area contributed by atoms with Crippen LogP contribution in [0, 0.1) is 6.92 Å². The van der Waals surface area contributed by atoms with Gasteiger partial charge in [-0.1, -0.05) is 18.2 Å². The second-order valence-electron chi connectivity index (χ2n) is 5.80. The second kappa shape index (κ2) is 5.84. The molecule has 0 spiro atoms. The van der Waals surface area contributed by atoms with E-state index in [-0.39, 0.29) is 6.42 Å². The van der Waals surface area contributed by atoms with Gasteiger partial charge in [0.15, 0.2) is 0 Å². The predicted molar refractivity (Wildman–Crippen MR) is 86.5 cm³/mol. The van der Waals surface area contributed by atoms with Gasteiger partial charge in [-0.3, -0.25) is 4.79 Å². The molecule has 1 N–H and O–H groups in total. The lowest BCUT2D eigenvalue weighted by Gasteiger charge is -2.24. The second-order valence-corrected chi connectivity index (χ2v) is 5.80. The summed E-state index contributed by atoms with van der Waals surface area (Å²) in [7, 11) is 1.69. The van der Waals surface area contributed by atoms with Crippen molar-refractivity contribution in [1.82, 2.24) is 0 Å². The van der Waals surface area contributed by atoms with Crippen molar-refractivity contribution in [1.29, 1.82) is 0 Å². The van der Waals surface area contributed by atoms with E-state index in [0.717, 1.165) is 18.6 Å². The number of aryl methyl sites for hydroxylation is 2. The molecule has 0 saturated heterocycles. The maximum Gasteiger partial charge on any atom is 0.303 e. The first-order chi connectivity index (χ1) is 10.6. The largest absolute Gasteiger partial charge is 0.497 e. The molecule has 2 aromatic carbocycles. The maximum atomic E-state index is 10.9. The van der Waals surface area contributed by atoms with Crippen molar-refractivity contribution in [2.45, 2.75) is 32.6 Å². The van der Waals surface area contributed by atoms with Crippen LogP contribution in [0.3, 0.4) is 0 Å². The zero-order valence-corrected chi connectivity index (χ0v) is 13.0. The van der Waals surface area contributed by atoms with E-state index in [2.05, 4.69) is 31.2 Å². The Morgan fingerprint density at radius 2 is 1.95 bits per heavy atom. The predicted octanol–water partition coefficient (Wildman–Crippen LogP) is 3.79. The topological polar surface area (TPSA) is 46.5 Å². The van der Waals surface area contributed by atoms with Crippen LogP contribution >= 0.6 is 0 Å². The summed E-state index contributed by atoms with van der Waals surface area (Å²) in [6.07, 6.45) is 2.73. The summed E-state index contributed by atoms with van der Waals surface area (Å²) in [5.74, 6) is 0.151. The molecule has 114 valence electrons. The van der Waals surface area contributed by atoms with Crippen LogP contribution < -0.4 is 4.74 Å². The number of rotatable bonds is 4. The van der Waals surface area contributed by atoms with Crippen molar-refractivity contribution in [3.05, 3.63) is 52.6 Å². The molecule has 0 amide bonds. The van der Waals surface area contributed by atoms with Gasteiger partial charge in [-0.15, -0.1) is 0 Å². The normalized spacial score (nSPS) is 12.5. The molecule has 0 fully saturated rings. The molecule has 1 aliphatic rings. The van der Waals surface area contributed by atoms with Gasteiger partial charge in [0.2, 0.25) is 0 Å². The van der Waals surface area contributed by atoms with Crippen molar-refractivity contribution >= 4 is 5.97 Å². The van der Waals surface area contributed by atoms with Gasteiger partial charge in [0.1, 0.15) is 5.75 Å². The van der Waals surface area contributed by atoms with E-state index in [1.165, 1.54) is 33.4 Å². The standard InChI is InChI=1S/C19H20O3/c1-12-3-6-18-16-8-5-14(22-2)11-13(16)4-7-17(18)15(12)9-10-19(20)21/h3,5-6,8,11H,4,7,9-10H2,1-2H3,(H,20,21). The Kier molecular flexibility index (Phi) is 3.88. The van der Waals surface area contributed by atoms with Gasteiger partial charge in [-0.2, -0.15) is 0 Å². The first kappa shape index (κ1) is 14.6. The van der Waals surface area contributed by atoms with Crippen LogP contribution in [0.5, 0.6) is 5.75 Å². The van der Waals surface area contributed by atoms with Gasteiger partial charge in [-0.05, 0) is 71.7 Å². The minimum absolute atomic E-state index is 0.187. The van der Waals surface area contributed by atoms with E-state index >= 15 is 0 Å². The monoisotopic (exact) mass is 296 g/mol. The third-order valence-corrected chi connectivity index (χ3v) is 4.50. The van der Waals surface area contributed by atoms with Crippen LogP contribution in [-0.4, -0.2) is 18.2 Å². The van der Waals surface area contributed by atoms with Gasteiger partial charge < -0.3 is 9.84 Å². The van der Waals surface area contributed by atoms with Crippen LogP contribution in [-0.2, 0) is 24.1 Å². The zero-order valence-electron chi connectivity index (χ0n) is 13.0. The minimum atomic E-state index is -0.738. The van der Waals surface area contributed by atoms with E-state index < -0.39 is 5.97 Å². The summed E-state index contributed by atoms with van der Waals surface area (Å²) >= 11 is 0. The van der Waals surface area contributed by atoms with Gasteiger partial charge >= 0.3 is 5.97 Å². The maximum absolute atomic E-state index is 10.9. The number of benzene rings is 2. The molecular formula is C19H20O3. The van der Waals surface area contributed by atoms with E-state index in [1.54, 1.807) is 7.11 Å². The Bertz CT molecular complexity index is 732. The summed E-state index contributed by atoms with van der Waals surface area (Å²) in [4.78, 5) is 10.9. The number of carbonyl (C=O) groups is 1. The first-order valence-corrected chi connectivity index (χ1v) is 7.60. The summed E-state index contributed by atoms with van der Waals surface area (Å²) in [6.45, 7) is 2.07. The Balaban J connectivity index is 2.07. The molecule has 0 saturated carbocycles. The molecular weight excluding hydrogens is 276 g/mol. The van der Waals surface area contributed by atoms with Crippen molar-refractivity contribution in [3.8, 4) is 16.9 Å². The van der Waals surface area contributed by atoms with Crippen molar-refractivity contribution in [3.63, 3.8) is 0 Å². The molecule has 3 nitrogen and oxygen atoms in total.